The molecule has 5 heteroatoms. The maximum absolute atomic E-state index is 14.2. The molecule has 2 unspecified atom stereocenters. The van der Waals surface area contributed by atoms with Crippen molar-refractivity contribution in [2.45, 2.75) is 56.8 Å². The van der Waals surface area contributed by atoms with Gasteiger partial charge in [0.1, 0.15) is 11.3 Å². The number of nitrogens with zero attached hydrogens (tertiary/aromatic N) is 1. The van der Waals surface area contributed by atoms with Gasteiger partial charge in [0.15, 0.2) is 0 Å². The van der Waals surface area contributed by atoms with Crippen molar-refractivity contribution in [3.63, 3.8) is 0 Å². The van der Waals surface area contributed by atoms with Crippen LogP contribution in [0.5, 0.6) is 0 Å². The number of carbonyl (C=O) groups is 1. The van der Waals surface area contributed by atoms with Gasteiger partial charge in [-0.2, -0.15) is 0 Å². The summed E-state index contributed by atoms with van der Waals surface area (Å²) in [4.78, 5) is 13.4. The molecule has 0 radical (unpaired) electrons. The molecule has 1 saturated heterocycles. The Morgan fingerprint density at radius 3 is 2.59 bits per heavy atom. The van der Waals surface area contributed by atoms with Crippen LogP contribution in [0.1, 0.15) is 40.0 Å². The average Bonchev–Trinajstić information content (AvgIpc) is 2.66. The predicted molar refractivity (Wildman–Crippen MR) is 60.4 cm³/mol. The van der Waals surface area contributed by atoms with Gasteiger partial charge >= 0.3 is 6.09 Å². The Kier molecular flexibility index (Phi) is 2.65. The molecule has 2 aliphatic rings. The van der Waals surface area contributed by atoms with Gasteiger partial charge in [-0.05, 0) is 33.6 Å². The van der Waals surface area contributed by atoms with Crippen LogP contribution in [0.25, 0.3) is 0 Å². The van der Waals surface area contributed by atoms with Crippen LogP contribution >= 0.6 is 0 Å². The summed E-state index contributed by atoms with van der Waals surface area (Å²) in [7, 11) is 0. The Hall–Kier alpha value is -0.840. The monoisotopic (exact) mass is 245 g/mol. The molecule has 0 spiro atoms. The van der Waals surface area contributed by atoms with Crippen LogP contribution in [-0.2, 0) is 4.74 Å². The van der Waals surface area contributed by atoms with Gasteiger partial charge in [-0.1, -0.05) is 0 Å². The number of aliphatic hydroxyl groups excluding tert-OH is 1. The second-order valence-electron chi connectivity index (χ2n) is 6.28. The normalized spacial score (nSPS) is 36.4. The van der Waals surface area contributed by atoms with Gasteiger partial charge < -0.3 is 9.84 Å². The molecule has 1 amide bonds. The van der Waals surface area contributed by atoms with Gasteiger partial charge in [-0.25, -0.2) is 9.18 Å². The number of halogens is 1. The molecule has 1 heterocycles. The Morgan fingerprint density at radius 2 is 2.12 bits per heavy atom. The minimum Gasteiger partial charge on any atom is -0.444 e. The van der Waals surface area contributed by atoms with Gasteiger partial charge in [-0.3, -0.25) is 4.90 Å². The number of piperidine rings is 1. The average molecular weight is 245 g/mol. The predicted octanol–water partition coefficient (Wildman–Crippen LogP) is 1.86. The number of rotatable bonds is 1. The van der Waals surface area contributed by atoms with E-state index in [1.807, 2.05) is 0 Å². The van der Waals surface area contributed by atoms with Crippen LogP contribution < -0.4 is 0 Å². The van der Waals surface area contributed by atoms with E-state index in [1.54, 1.807) is 20.8 Å². The summed E-state index contributed by atoms with van der Waals surface area (Å²) in [6, 6.07) is 0. The molecule has 2 fully saturated rings. The summed E-state index contributed by atoms with van der Waals surface area (Å²) >= 11 is 0. The first-order chi connectivity index (χ1) is 7.70. The number of hydrogen-bond donors (Lipinski definition) is 1. The molecule has 2 atom stereocenters. The molecule has 98 valence electrons. The second-order valence-corrected chi connectivity index (χ2v) is 6.28. The highest BCUT2D eigenvalue weighted by molar-refractivity contribution is 5.70. The first-order valence-electron chi connectivity index (χ1n) is 6.00. The van der Waals surface area contributed by atoms with Crippen LogP contribution in [0.4, 0.5) is 9.18 Å². The van der Waals surface area contributed by atoms with Crippen molar-refractivity contribution < 1.29 is 19.0 Å². The third-order valence-electron chi connectivity index (χ3n) is 3.61. The maximum atomic E-state index is 14.2. The number of ether oxygens (including phenoxy) is 1. The van der Waals surface area contributed by atoms with E-state index in [9.17, 15) is 14.3 Å². The lowest BCUT2D eigenvalue weighted by Gasteiger charge is -2.38. The molecule has 0 aromatic heterocycles. The van der Waals surface area contributed by atoms with Crippen molar-refractivity contribution in [1.29, 1.82) is 0 Å². The number of likely N-dealkylation sites (tertiary alicyclic amines) is 1. The maximum Gasteiger partial charge on any atom is 0.410 e. The van der Waals surface area contributed by atoms with Crippen molar-refractivity contribution in [2.75, 3.05) is 13.2 Å². The molecule has 1 saturated carbocycles. The Labute approximate surface area is 101 Å². The van der Waals surface area contributed by atoms with Gasteiger partial charge in [0.2, 0.25) is 0 Å². The molecule has 1 aliphatic heterocycles. The lowest BCUT2D eigenvalue weighted by Crippen LogP contribution is -2.52. The van der Waals surface area contributed by atoms with Crippen LogP contribution in [0.15, 0.2) is 0 Å². The van der Waals surface area contributed by atoms with Crippen LogP contribution in [0, 0.1) is 0 Å². The highest BCUT2D eigenvalue weighted by atomic mass is 19.1. The third kappa shape index (κ3) is 2.12. The smallest absolute Gasteiger partial charge is 0.410 e. The van der Waals surface area contributed by atoms with E-state index >= 15 is 0 Å². The SMILES string of the molecule is CC(C)(C)OC(=O)N1CC2(F)CCC1(CO)C2. The number of amides is 1. The summed E-state index contributed by atoms with van der Waals surface area (Å²) in [5.41, 5.74) is -2.67. The topological polar surface area (TPSA) is 49.8 Å². The summed E-state index contributed by atoms with van der Waals surface area (Å²) in [6.07, 6.45) is 0.646. The largest absolute Gasteiger partial charge is 0.444 e. The molecular formula is C12H20FNO3. The van der Waals surface area contributed by atoms with E-state index in [4.69, 9.17) is 4.74 Å². The number of aliphatic hydroxyl groups is 1. The summed E-state index contributed by atoms with van der Waals surface area (Å²) in [6.45, 7) is 5.17. The minimum atomic E-state index is -1.33. The quantitative estimate of drug-likeness (QED) is 0.767. The zero-order valence-corrected chi connectivity index (χ0v) is 10.6. The molecule has 0 aromatic rings. The molecule has 1 N–H and O–H groups in total. The van der Waals surface area contributed by atoms with Crippen molar-refractivity contribution >= 4 is 6.09 Å². The molecule has 0 aromatic carbocycles. The van der Waals surface area contributed by atoms with Crippen molar-refractivity contribution in [1.82, 2.24) is 4.90 Å². The minimum absolute atomic E-state index is 0.0441. The number of hydrogen-bond acceptors (Lipinski definition) is 3. The van der Waals surface area contributed by atoms with Gasteiger partial charge in [-0.15, -0.1) is 0 Å². The standard InChI is InChI=1S/C12H20FNO3/c1-10(2,3)17-9(16)14-7-11(13)4-5-12(14,6-11)8-15/h15H,4-8H2,1-3H3. The lowest BCUT2D eigenvalue weighted by molar-refractivity contribution is -0.0138. The Morgan fingerprint density at radius 1 is 1.47 bits per heavy atom. The highest BCUT2D eigenvalue weighted by Crippen LogP contribution is 2.51. The fraction of sp³-hybridized carbons (Fsp3) is 0.917. The third-order valence-corrected chi connectivity index (χ3v) is 3.61. The van der Waals surface area contributed by atoms with E-state index in [-0.39, 0.29) is 19.6 Å². The van der Waals surface area contributed by atoms with Crippen LogP contribution in [0.2, 0.25) is 0 Å². The van der Waals surface area contributed by atoms with E-state index in [0.29, 0.717) is 12.8 Å². The summed E-state index contributed by atoms with van der Waals surface area (Å²) < 4.78 is 19.5. The first kappa shape index (κ1) is 12.6. The number of carbonyl (C=O) groups excluding carboxylic acids is 1. The van der Waals surface area contributed by atoms with Gasteiger partial charge in [0.05, 0.1) is 18.7 Å². The van der Waals surface area contributed by atoms with Crippen molar-refractivity contribution in [3.8, 4) is 0 Å². The summed E-state index contributed by atoms with van der Waals surface area (Å²) in [5, 5.41) is 9.46. The number of fused-ring (bicyclic) bond motifs is 2. The number of alkyl halides is 1. The van der Waals surface area contributed by atoms with E-state index in [1.165, 1.54) is 4.90 Å². The molecule has 17 heavy (non-hydrogen) atoms. The fourth-order valence-electron chi connectivity index (χ4n) is 2.84. The van der Waals surface area contributed by atoms with Crippen molar-refractivity contribution in [2.24, 2.45) is 0 Å². The van der Waals surface area contributed by atoms with Gasteiger partial charge in [0, 0.05) is 6.42 Å². The first-order valence-corrected chi connectivity index (χ1v) is 6.00. The van der Waals surface area contributed by atoms with Crippen molar-refractivity contribution in [3.05, 3.63) is 0 Å². The van der Waals surface area contributed by atoms with Gasteiger partial charge in [0.25, 0.3) is 0 Å². The van der Waals surface area contributed by atoms with E-state index in [0.717, 1.165) is 0 Å². The fourth-order valence-corrected chi connectivity index (χ4v) is 2.84. The summed E-state index contributed by atoms with van der Waals surface area (Å²) in [5.74, 6) is 0. The zero-order chi connectivity index (χ0) is 12.9. The molecular weight excluding hydrogens is 225 g/mol. The van der Waals surface area contributed by atoms with Crippen LogP contribution in [0.3, 0.4) is 0 Å². The van der Waals surface area contributed by atoms with E-state index < -0.39 is 22.9 Å². The molecule has 2 bridgehead atoms. The molecule has 1 aliphatic carbocycles. The Balaban J connectivity index is 2.15. The molecule has 2 rings (SSSR count). The second kappa shape index (κ2) is 3.57. The Bertz CT molecular complexity index is 341. The van der Waals surface area contributed by atoms with Crippen LogP contribution in [-0.4, -0.2) is 46.1 Å². The molecule has 4 nitrogen and oxygen atoms in total. The van der Waals surface area contributed by atoms with E-state index in [2.05, 4.69) is 0 Å². The highest BCUT2D eigenvalue weighted by Gasteiger charge is 2.61. The lowest BCUT2D eigenvalue weighted by atomic mass is 9.99. The zero-order valence-electron chi connectivity index (χ0n) is 10.6.